The van der Waals surface area contributed by atoms with Crippen molar-refractivity contribution >= 4 is 5.91 Å². The lowest BCUT2D eigenvalue weighted by molar-refractivity contribution is 0.0822. The fourth-order valence-corrected chi connectivity index (χ4v) is 0.926. The number of aromatic hydroxyl groups is 1. The summed E-state index contributed by atoms with van der Waals surface area (Å²) in [5.74, 6) is -1.85. The average Bonchev–Trinajstić information content (AvgIpc) is 2.08. The number of phenols is 1. The van der Waals surface area contributed by atoms with Gasteiger partial charge in [-0.15, -0.1) is 0 Å². The fourth-order valence-electron chi connectivity index (χ4n) is 0.926. The van der Waals surface area contributed by atoms with E-state index in [9.17, 15) is 9.18 Å². The fraction of sp³-hybridized carbons (Fsp3) is 0.222. The van der Waals surface area contributed by atoms with Crippen molar-refractivity contribution in [1.29, 1.82) is 0 Å². The van der Waals surface area contributed by atoms with Gasteiger partial charge in [-0.2, -0.15) is 0 Å². The minimum Gasteiger partial charge on any atom is -0.505 e. The highest BCUT2D eigenvalue weighted by Crippen LogP contribution is 2.19. The van der Waals surface area contributed by atoms with Crippen LogP contribution in [0.3, 0.4) is 0 Å². The molecule has 0 heterocycles. The van der Waals surface area contributed by atoms with Gasteiger partial charge in [-0.1, -0.05) is 6.07 Å². The lowest BCUT2D eigenvalue weighted by Gasteiger charge is -2.10. The van der Waals surface area contributed by atoms with Gasteiger partial charge < -0.3 is 10.0 Å². The van der Waals surface area contributed by atoms with Crippen LogP contribution in [0, 0.1) is 5.82 Å². The quantitative estimate of drug-likeness (QED) is 0.711. The Morgan fingerprint density at radius 1 is 1.46 bits per heavy atom. The van der Waals surface area contributed by atoms with E-state index in [-0.39, 0.29) is 5.56 Å². The summed E-state index contributed by atoms with van der Waals surface area (Å²) >= 11 is 0. The molecular weight excluding hydrogens is 173 g/mol. The first-order chi connectivity index (χ1) is 6.04. The molecule has 0 atom stereocenters. The van der Waals surface area contributed by atoms with Crippen molar-refractivity contribution in [3.05, 3.63) is 29.6 Å². The number of carbonyl (C=O) groups is 1. The van der Waals surface area contributed by atoms with E-state index in [1.807, 2.05) is 0 Å². The Labute approximate surface area is 75.4 Å². The van der Waals surface area contributed by atoms with E-state index in [2.05, 4.69) is 0 Å². The highest BCUT2D eigenvalue weighted by atomic mass is 19.1. The number of carbonyl (C=O) groups excluding carboxylic acids is 1. The molecule has 3 nitrogen and oxygen atoms in total. The molecule has 0 aliphatic heterocycles. The summed E-state index contributed by atoms with van der Waals surface area (Å²) in [6.07, 6.45) is 0. The molecule has 0 aliphatic carbocycles. The van der Waals surface area contributed by atoms with Gasteiger partial charge in [0.1, 0.15) is 0 Å². The van der Waals surface area contributed by atoms with Gasteiger partial charge in [0.15, 0.2) is 11.6 Å². The first-order valence-electron chi connectivity index (χ1n) is 3.73. The van der Waals surface area contributed by atoms with Crippen LogP contribution in [0.4, 0.5) is 4.39 Å². The standard InChI is InChI=1S/C9H10FNO2/c1-11(2)9(13)6-4-3-5-7(12)8(6)10/h3-5,12H,1-2H3. The molecule has 4 heteroatoms. The van der Waals surface area contributed by atoms with E-state index in [4.69, 9.17) is 5.11 Å². The van der Waals surface area contributed by atoms with Gasteiger partial charge in [-0.3, -0.25) is 4.79 Å². The van der Waals surface area contributed by atoms with Gasteiger partial charge in [-0.25, -0.2) is 4.39 Å². The second-order valence-electron chi connectivity index (χ2n) is 2.84. The van der Waals surface area contributed by atoms with E-state index in [0.717, 1.165) is 0 Å². The Kier molecular flexibility index (Phi) is 2.51. The van der Waals surface area contributed by atoms with E-state index in [1.165, 1.54) is 37.2 Å². The van der Waals surface area contributed by atoms with Gasteiger partial charge in [0.2, 0.25) is 0 Å². The van der Waals surface area contributed by atoms with Crippen LogP contribution in [0.25, 0.3) is 0 Å². The number of rotatable bonds is 1. The van der Waals surface area contributed by atoms with E-state index in [1.54, 1.807) is 0 Å². The van der Waals surface area contributed by atoms with Crippen LogP contribution in [0.2, 0.25) is 0 Å². The Hall–Kier alpha value is -1.58. The maximum Gasteiger partial charge on any atom is 0.256 e. The maximum atomic E-state index is 13.1. The third-order valence-electron chi connectivity index (χ3n) is 1.61. The number of halogens is 1. The van der Waals surface area contributed by atoms with Crippen LogP contribution in [0.15, 0.2) is 18.2 Å². The summed E-state index contributed by atoms with van der Waals surface area (Å²) in [6, 6.07) is 3.95. The predicted octanol–water partition coefficient (Wildman–Crippen LogP) is 1.23. The molecule has 1 amide bonds. The third kappa shape index (κ3) is 1.77. The summed E-state index contributed by atoms with van der Waals surface area (Å²) in [5.41, 5.74) is -0.120. The van der Waals surface area contributed by atoms with Gasteiger partial charge >= 0.3 is 0 Å². The van der Waals surface area contributed by atoms with E-state index < -0.39 is 17.5 Å². The van der Waals surface area contributed by atoms with Gasteiger partial charge in [0, 0.05) is 14.1 Å². The normalized spacial score (nSPS) is 9.77. The third-order valence-corrected chi connectivity index (χ3v) is 1.61. The zero-order valence-corrected chi connectivity index (χ0v) is 7.41. The van der Waals surface area contributed by atoms with Crippen molar-refractivity contribution in [2.24, 2.45) is 0 Å². The number of hydrogen-bond donors (Lipinski definition) is 1. The number of amides is 1. The molecule has 0 radical (unpaired) electrons. The summed E-state index contributed by atoms with van der Waals surface area (Å²) < 4.78 is 13.1. The number of phenolic OH excluding ortho intramolecular Hbond substituents is 1. The van der Waals surface area contributed by atoms with Gasteiger partial charge in [-0.05, 0) is 12.1 Å². The minimum absolute atomic E-state index is 0.120. The molecule has 0 spiro atoms. The molecule has 0 aromatic heterocycles. The molecular formula is C9H10FNO2. The Morgan fingerprint density at radius 3 is 2.62 bits per heavy atom. The highest BCUT2D eigenvalue weighted by molar-refractivity contribution is 5.94. The largest absolute Gasteiger partial charge is 0.505 e. The SMILES string of the molecule is CN(C)C(=O)c1cccc(O)c1F. The topological polar surface area (TPSA) is 40.5 Å². The molecule has 1 N–H and O–H groups in total. The zero-order chi connectivity index (χ0) is 10.0. The van der Waals surface area contributed by atoms with Crippen molar-refractivity contribution in [3.63, 3.8) is 0 Å². The first-order valence-corrected chi connectivity index (χ1v) is 3.73. The molecule has 1 rings (SSSR count). The summed E-state index contributed by atoms with van der Waals surface area (Å²) in [5, 5.41) is 8.99. The minimum atomic E-state index is -0.874. The first kappa shape index (κ1) is 9.51. The molecule has 0 bridgehead atoms. The molecule has 1 aromatic rings. The maximum absolute atomic E-state index is 13.1. The average molecular weight is 183 g/mol. The van der Waals surface area contributed by atoms with Crippen LogP contribution in [-0.2, 0) is 0 Å². The molecule has 0 fully saturated rings. The molecule has 0 saturated carbocycles. The van der Waals surface area contributed by atoms with Gasteiger partial charge in [0.05, 0.1) is 5.56 Å². The Bertz CT molecular complexity index is 336. The molecule has 13 heavy (non-hydrogen) atoms. The zero-order valence-electron chi connectivity index (χ0n) is 7.41. The molecule has 0 saturated heterocycles. The Balaban J connectivity index is 3.15. The molecule has 0 aliphatic rings. The summed E-state index contributed by atoms with van der Waals surface area (Å²) in [7, 11) is 3.04. The van der Waals surface area contributed by atoms with Crippen LogP contribution < -0.4 is 0 Å². The smallest absolute Gasteiger partial charge is 0.256 e. The van der Waals surface area contributed by atoms with E-state index >= 15 is 0 Å². The van der Waals surface area contributed by atoms with Crippen LogP contribution >= 0.6 is 0 Å². The van der Waals surface area contributed by atoms with Crippen LogP contribution in [0.5, 0.6) is 5.75 Å². The van der Waals surface area contributed by atoms with Gasteiger partial charge in [0.25, 0.3) is 5.91 Å². The molecule has 70 valence electrons. The molecule has 1 aromatic carbocycles. The van der Waals surface area contributed by atoms with Crippen molar-refractivity contribution in [3.8, 4) is 5.75 Å². The van der Waals surface area contributed by atoms with Crippen LogP contribution in [0.1, 0.15) is 10.4 Å². The summed E-state index contributed by atoms with van der Waals surface area (Å²) in [6.45, 7) is 0. The highest BCUT2D eigenvalue weighted by Gasteiger charge is 2.15. The Morgan fingerprint density at radius 2 is 2.08 bits per heavy atom. The van der Waals surface area contributed by atoms with Crippen molar-refractivity contribution in [1.82, 2.24) is 4.90 Å². The number of benzene rings is 1. The number of nitrogens with zero attached hydrogens (tertiary/aromatic N) is 1. The monoisotopic (exact) mass is 183 g/mol. The summed E-state index contributed by atoms with van der Waals surface area (Å²) in [4.78, 5) is 12.5. The van der Waals surface area contributed by atoms with Crippen molar-refractivity contribution < 1.29 is 14.3 Å². The van der Waals surface area contributed by atoms with E-state index in [0.29, 0.717) is 0 Å². The van der Waals surface area contributed by atoms with Crippen molar-refractivity contribution in [2.45, 2.75) is 0 Å². The lowest BCUT2D eigenvalue weighted by Crippen LogP contribution is -2.22. The molecule has 0 unspecified atom stereocenters. The lowest BCUT2D eigenvalue weighted by atomic mass is 10.2. The van der Waals surface area contributed by atoms with Crippen molar-refractivity contribution in [2.75, 3.05) is 14.1 Å². The second kappa shape index (κ2) is 3.43. The predicted molar refractivity (Wildman–Crippen MR) is 46.1 cm³/mol. The van der Waals surface area contributed by atoms with Crippen LogP contribution in [-0.4, -0.2) is 30.0 Å². The second-order valence-corrected chi connectivity index (χ2v) is 2.84. The number of hydrogen-bond acceptors (Lipinski definition) is 2.